The average molecular weight is 396 g/mol. The SMILES string of the molecule is CCN(CC)CCOC(=O)c1ccc(NC(=O)/C=C/c2ccc(OC)cc2)cc1. The zero-order valence-corrected chi connectivity index (χ0v) is 17.2. The van der Waals surface area contributed by atoms with Gasteiger partial charge in [-0.3, -0.25) is 4.79 Å². The normalized spacial score (nSPS) is 10.9. The van der Waals surface area contributed by atoms with E-state index in [1.807, 2.05) is 24.3 Å². The van der Waals surface area contributed by atoms with Crippen LogP contribution < -0.4 is 10.1 Å². The maximum absolute atomic E-state index is 12.1. The smallest absolute Gasteiger partial charge is 0.338 e. The van der Waals surface area contributed by atoms with Crippen molar-refractivity contribution >= 4 is 23.6 Å². The molecular formula is C23H28N2O4. The highest BCUT2D eigenvalue weighted by atomic mass is 16.5. The third-order valence-corrected chi connectivity index (χ3v) is 4.47. The first-order valence-corrected chi connectivity index (χ1v) is 9.68. The number of esters is 1. The summed E-state index contributed by atoms with van der Waals surface area (Å²) in [6.45, 7) is 7.07. The number of anilines is 1. The zero-order valence-electron chi connectivity index (χ0n) is 17.2. The van der Waals surface area contributed by atoms with Crippen LogP contribution in [0.25, 0.3) is 6.08 Å². The van der Waals surface area contributed by atoms with Crippen molar-refractivity contribution in [2.75, 3.05) is 38.7 Å². The second-order valence-electron chi connectivity index (χ2n) is 6.34. The summed E-state index contributed by atoms with van der Waals surface area (Å²) in [7, 11) is 1.61. The van der Waals surface area contributed by atoms with Gasteiger partial charge in [-0.25, -0.2) is 4.79 Å². The van der Waals surface area contributed by atoms with Crippen LogP contribution in [-0.2, 0) is 9.53 Å². The number of nitrogens with zero attached hydrogens (tertiary/aromatic N) is 1. The van der Waals surface area contributed by atoms with Crippen LogP contribution in [0.15, 0.2) is 54.6 Å². The van der Waals surface area contributed by atoms with Crippen LogP contribution in [0.1, 0.15) is 29.8 Å². The zero-order chi connectivity index (χ0) is 21.1. The van der Waals surface area contributed by atoms with Crippen molar-refractivity contribution in [3.8, 4) is 5.75 Å². The maximum Gasteiger partial charge on any atom is 0.338 e. The number of ether oxygens (including phenoxy) is 2. The van der Waals surface area contributed by atoms with E-state index in [-0.39, 0.29) is 11.9 Å². The molecule has 6 nitrogen and oxygen atoms in total. The number of amides is 1. The van der Waals surface area contributed by atoms with E-state index in [2.05, 4.69) is 24.1 Å². The Labute approximate surface area is 172 Å². The number of carbonyl (C=O) groups excluding carboxylic acids is 2. The molecule has 0 aromatic heterocycles. The molecule has 0 saturated carbocycles. The summed E-state index contributed by atoms with van der Waals surface area (Å²) >= 11 is 0. The fourth-order valence-electron chi connectivity index (χ4n) is 2.65. The third kappa shape index (κ3) is 7.43. The van der Waals surface area contributed by atoms with Gasteiger partial charge in [0.1, 0.15) is 12.4 Å². The lowest BCUT2D eigenvalue weighted by molar-refractivity contribution is -0.111. The Morgan fingerprint density at radius 2 is 1.66 bits per heavy atom. The van der Waals surface area contributed by atoms with Crippen LogP contribution >= 0.6 is 0 Å². The summed E-state index contributed by atoms with van der Waals surface area (Å²) in [5.74, 6) is 0.142. The molecule has 0 radical (unpaired) electrons. The van der Waals surface area contributed by atoms with Gasteiger partial charge in [-0.05, 0) is 61.1 Å². The largest absolute Gasteiger partial charge is 0.497 e. The predicted octanol–water partition coefficient (Wildman–Crippen LogP) is 3.85. The Balaban J connectivity index is 1.83. The average Bonchev–Trinajstić information content (AvgIpc) is 2.76. The van der Waals surface area contributed by atoms with E-state index < -0.39 is 0 Å². The van der Waals surface area contributed by atoms with Crippen molar-refractivity contribution in [2.24, 2.45) is 0 Å². The summed E-state index contributed by atoms with van der Waals surface area (Å²) < 4.78 is 10.4. The Morgan fingerprint density at radius 1 is 1.00 bits per heavy atom. The topological polar surface area (TPSA) is 67.9 Å². The quantitative estimate of drug-likeness (QED) is 0.488. The number of methoxy groups -OCH3 is 1. The summed E-state index contributed by atoms with van der Waals surface area (Å²) in [6, 6.07) is 14.0. The maximum atomic E-state index is 12.1. The molecule has 0 bridgehead atoms. The van der Waals surface area contributed by atoms with E-state index in [1.54, 1.807) is 37.5 Å². The summed E-state index contributed by atoms with van der Waals surface area (Å²) in [5, 5.41) is 2.76. The standard InChI is InChI=1S/C23H28N2O4/c1-4-25(5-2)16-17-29-23(27)19-9-11-20(12-10-19)24-22(26)15-8-18-6-13-21(28-3)14-7-18/h6-15H,4-5,16-17H2,1-3H3,(H,24,26)/b15-8+. The minimum atomic E-state index is -0.366. The van der Waals surface area contributed by atoms with Gasteiger partial charge >= 0.3 is 5.97 Å². The molecule has 0 aliphatic heterocycles. The molecule has 0 atom stereocenters. The summed E-state index contributed by atoms with van der Waals surface area (Å²) in [6.07, 6.45) is 3.17. The Kier molecular flexibility index (Phi) is 8.92. The van der Waals surface area contributed by atoms with Crippen LogP contribution in [0.2, 0.25) is 0 Å². The van der Waals surface area contributed by atoms with Gasteiger partial charge in [-0.1, -0.05) is 26.0 Å². The third-order valence-electron chi connectivity index (χ3n) is 4.47. The van der Waals surface area contributed by atoms with Crippen LogP contribution in [0.3, 0.4) is 0 Å². The molecule has 2 aromatic carbocycles. The van der Waals surface area contributed by atoms with Crippen molar-refractivity contribution in [1.29, 1.82) is 0 Å². The van der Waals surface area contributed by atoms with E-state index in [9.17, 15) is 9.59 Å². The highest BCUT2D eigenvalue weighted by Crippen LogP contribution is 2.13. The van der Waals surface area contributed by atoms with Crippen molar-refractivity contribution < 1.29 is 19.1 Å². The van der Waals surface area contributed by atoms with Gasteiger partial charge < -0.3 is 19.7 Å². The fourth-order valence-corrected chi connectivity index (χ4v) is 2.65. The fraction of sp³-hybridized carbons (Fsp3) is 0.304. The van der Waals surface area contributed by atoms with Crippen LogP contribution in [0.4, 0.5) is 5.69 Å². The Morgan fingerprint density at radius 3 is 2.24 bits per heavy atom. The second-order valence-corrected chi connectivity index (χ2v) is 6.34. The highest BCUT2D eigenvalue weighted by molar-refractivity contribution is 6.02. The lowest BCUT2D eigenvalue weighted by Crippen LogP contribution is -2.27. The molecule has 6 heteroatoms. The van der Waals surface area contributed by atoms with E-state index in [1.165, 1.54) is 6.08 Å². The van der Waals surface area contributed by atoms with Gasteiger partial charge in [-0.15, -0.1) is 0 Å². The van der Waals surface area contributed by atoms with Gasteiger partial charge in [0.2, 0.25) is 5.91 Å². The van der Waals surface area contributed by atoms with Crippen molar-refractivity contribution in [3.63, 3.8) is 0 Å². The molecule has 0 aliphatic rings. The number of hydrogen-bond acceptors (Lipinski definition) is 5. The van der Waals surface area contributed by atoms with Crippen molar-refractivity contribution in [1.82, 2.24) is 4.90 Å². The molecule has 29 heavy (non-hydrogen) atoms. The molecule has 2 aromatic rings. The molecule has 154 valence electrons. The van der Waals surface area contributed by atoms with E-state index in [0.717, 1.165) is 24.4 Å². The number of likely N-dealkylation sites (N-methyl/N-ethyl adjacent to an activating group) is 1. The summed E-state index contributed by atoms with van der Waals surface area (Å²) in [5.41, 5.74) is 1.95. The number of hydrogen-bond donors (Lipinski definition) is 1. The van der Waals surface area contributed by atoms with Gasteiger partial charge in [0.15, 0.2) is 0 Å². The van der Waals surface area contributed by atoms with E-state index in [4.69, 9.17) is 9.47 Å². The van der Waals surface area contributed by atoms with Gasteiger partial charge in [0, 0.05) is 18.3 Å². The molecule has 0 saturated heterocycles. The second kappa shape index (κ2) is 11.7. The van der Waals surface area contributed by atoms with Crippen LogP contribution in [-0.4, -0.2) is 50.1 Å². The Bertz CT molecular complexity index is 810. The first kappa shape index (κ1) is 22.2. The molecule has 1 N–H and O–H groups in total. The van der Waals surface area contributed by atoms with Crippen molar-refractivity contribution in [3.05, 3.63) is 65.7 Å². The first-order chi connectivity index (χ1) is 14.0. The molecule has 0 unspecified atom stereocenters. The molecule has 0 spiro atoms. The first-order valence-electron chi connectivity index (χ1n) is 9.68. The van der Waals surface area contributed by atoms with E-state index in [0.29, 0.717) is 24.4 Å². The van der Waals surface area contributed by atoms with Gasteiger partial charge in [0.05, 0.1) is 12.7 Å². The molecule has 2 rings (SSSR count). The molecule has 1 amide bonds. The van der Waals surface area contributed by atoms with Gasteiger partial charge in [-0.2, -0.15) is 0 Å². The molecular weight excluding hydrogens is 368 g/mol. The van der Waals surface area contributed by atoms with Crippen LogP contribution in [0, 0.1) is 0 Å². The molecule has 0 aliphatic carbocycles. The minimum Gasteiger partial charge on any atom is -0.497 e. The van der Waals surface area contributed by atoms with Crippen LogP contribution in [0.5, 0.6) is 5.75 Å². The van der Waals surface area contributed by atoms with E-state index >= 15 is 0 Å². The molecule has 0 fully saturated rings. The minimum absolute atomic E-state index is 0.254. The predicted molar refractivity (Wildman–Crippen MR) is 115 cm³/mol. The summed E-state index contributed by atoms with van der Waals surface area (Å²) in [4.78, 5) is 26.4. The van der Waals surface area contributed by atoms with Crippen molar-refractivity contribution in [2.45, 2.75) is 13.8 Å². The number of rotatable bonds is 10. The lowest BCUT2D eigenvalue weighted by Gasteiger charge is -2.17. The number of nitrogens with one attached hydrogen (secondary N) is 1. The lowest BCUT2D eigenvalue weighted by atomic mass is 10.2. The highest BCUT2D eigenvalue weighted by Gasteiger charge is 2.08. The molecule has 0 heterocycles. The number of carbonyl (C=O) groups is 2. The monoisotopic (exact) mass is 396 g/mol. The number of benzene rings is 2. The van der Waals surface area contributed by atoms with Gasteiger partial charge in [0.25, 0.3) is 0 Å². The Hall–Kier alpha value is -3.12.